The predicted octanol–water partition coefficient (Wildman–Crippen LogP) is 16.4. The summed E-state index contributed by atoms with van der Waals surface area (Å²) in [5.74, 6) is -0.993. The molecule has 8 rings (SSSR count). The van der Waals surface area contributed by atoms with Crippen LogP contribution in [0.1, 0.15) is 80.3 Å². The SMILES string of the molecule is CC.CC.O=C(Oc1ccc(C(c2ccc(OC(=O)c3ccccc3)cc2)(C(F)(F)F)C(F)(F)F)cc1)c1ccccc1.O=C(Oc1ccc(Oc2ccc(OC(=O)c3ccccc3)cc2)cc1)c1ccccc1.[CH3-].[CH3-].[Fm].[Fm]. The molecule has 0 bridgehead atoms. The summed E-state index contributed by atoms with van der Waals surface area (Å²) in [5.41, 5.74) is -5.45. The van der Waals surface area contributed by atoms with Gasteiger partial charge in [-0.15, -0.1) is 0 Å². The van der Waals surface area contributed by atoms with Crippen molar-refractivity contribution >= 4 is 23.9 Å². The average Bonchev–Trinajstić information content (AvgIpc) is 3.42. The molecule has 0 aliphatic carbocycles. The molecule has 0 aliphatic heterocycles. The fraction of sp³-hybridized carbons (Fsp3) is 0.115. The standard InChI is InChI=1S/C29H18F6O4.C26H18O5.2C2H6.2CH3.2Fm/c30-28(31,32)27(29(33,34)35,21-11-15-23(16-12-21)38-25(36)19-7-3-1-4-8-19)22-13-17-24(18-14-22)39-26(37)20-9-5-2-6-10-20;27-25(19-7-3-1-4-8-19)30-23-15-11-21(12-16-23)29-22-13-17-24(18-14-22)31-26(28)20-9-5-2-6-10-20;2*1-2;;;;/h1-18H;1-18H;2*1-2H3;2*1H3;;/q;;;;2*-1;;. The van der Waals surface area contributed by atoms with Gasteiger partial charge in [0, 0.05) is 0 Å². The topological polar surface area (TPSA) is 114 Å². The maximum Gasteiger partial charge on any atom is 0.411 e. The predicted molar refractivity (Wildman–Crippen MR) is 280 cm³/mol. The molecule has 78 heavy (non-hydrogen) atoms. The van der Waals surface area contributed by atoms with E-state index < -0.39 is 52.8 Å². The molecule has 0 spiro atoms. The largest absolute Gasteiger partial charge is 0.457 e. The Labute approximate surface area is 438 Å². The summed E-state index contributed by atoms with van der Waals surface area (Å²) in [6.45, 7) is 8.00. The van der Waals surface area contributed by atoms with Crippen molar-refractivity contribution < 1.29 is 69.2 Å². The second-order valence-electron chi connectivity index (χ2n) is 14.9. The number of carbonyl (C=O) groups is 4. The molecule has 8 aromatic carbocycles. The number of ether oxygens (including phenoxy) is 5. The van der Waals surface area contributed by atoms with E-state index in [0.29, 0.717) is 58.4 Å². The van der Waals surface area contributed by atoms with Crippen LogP contribution in [0.15, 0.2) is 218 Å². The number of esters is 4. The van der Waals surface area contributed by atoms with Crippen LogP contribution in [0.2, 0.25) is 0 Å². The van der Waals surface area contributed by atoms with Gasteiger partial charge in [0.1, 0.15) is 34.5 Å². The quantitative estimate of drug-likeness (QED) is 0.0510. The van der Waals surface area contributed by atoms with E-state index in [1.807, 2.05) is 39.8 Å². The second kappa shape index (κ2) is 30.3. The van der Waals surface area contributed by atoms with Crippen molar-refractivity contribution in [2.45, 2.75) is 45.5 Å². The molecule has 17 heteroatoms. The summed E-state index contributed by atoms with van der Waals surface area (Å²) in [6.07, 6.45) is -11.6. The van der Waals surface area contributed by atoms with Crippen molar-refractivity contribution in [3.05, 3.63) is 267 Å². The molecule has 0 fully saturated rings. The first-order valence-electron chi connectivity index (χ1n) is 22.9. The van der Waals surface area contributed by atoms with Crippen molar-refractivity contribution in [1.29, 1.82) is 0 Å². The normalized spacial score (nSPS) is 10.2. The van der Waals surface area contributed by atoms with E-state index in [1.54, 1.807) is 133 Å². The van der Waals surface area contributed by atoms with Crippen LogP contribution in [-0.2, 0) is 5.41 Å². The van der Waals surface area contributed by atoms with Crippen LogP contribution < -0.4 is 23.7 Å². The van der Waals surface area contributed by atoms with E-state index in [0.717, 1.165) is 24.3 Å². The summed E-state index contributed by atoms with van der Waals surface area (Å²) in [4.78, 5) is 48.6. The van der Waals surface area contributed by atoms with E-state index in [2.05, 4.69) is 0 Å². The Bertz CT molecular complexity index is 2810. The van der Waals surface area contributed by atoms with Crippen LogP contribution in [-0.4, -0.2) is 36.2 Å². The van der Waals surface area contributed by atoms with E-state index in [-0.39, 0.29) is 37.5 Å². The number of hydrogen-bond acceptors (Lipinski definition) is 9. The van der Waals surface area contributed by atoms with Crippen LogP contribution in [0, 0.1) is 14.9 Å². The molecule has 0 unspecified atom stereocenters. The Morgan fingerprint density at radius 3 is 0.667 bits per heavy atom. The molecule has 0 saturated heterocycles. The minimum atomic E-state index is -5.82. The van der Waals surface area contributed by atoms with Crippen molar-refractivity contribution in [1.82, 2.24) is 0 Å². The van der Waals surface area contributed by atoms with E-state index >= 15 is 0 Å². The Morgan fingerprint density at radius 1 is 0.295 bits per heavy atom. The zero-order chi connectivity index (χ0) is 53.7. The number of rotatable bonds is 12. The van der Waals surface area contributed by atoms with Gasteiger partial charge in [-0.05, 0) is 132 Å². The first-order chi connectivity index (χ1) is 35.6. The Morgan fingerprint density at radius 2 is 0.474 bits per heavy atom. The smallest absolute Gasteiger partial charge is 0.411 e. The summed E-state index contributed by atoms with van der Waals surface area (Å²) in [7, 11) is 0. The van der Waals surface area contributed by atoms with Crippen molar-refractivity contribution in [2.75, 3.05) is 0 Å². The van der Waals surface area contributed by atoms with Gasteiger partial charge in [-0.3, -0.25) is 0 Å². The summed E-state index contributed by atoms with van der Waals surface area (Å²) in [6, 6.07) is 52.2. The van der Waals surface area contributed by atoms with Gasteiger partial charge in [0.15, 0.2) is 0 Å². The van der Waals surface area contributed by atoms with Gasteiger partial charge in [-0.25, -0.2) is 19.2 Å². The van der Waals surface area contributed by atoms with Crippen molar-refractivity contribution in [2.24, 2.45) is 0 Å². The molecule has 0 radical (unpaired) electrons. The summed E-state index contributed by atoms with van der Waals surface area (Å²) < 4.78 is 113. The molecular weight excluding hydrogens is 1500 g/mol. The molecule has 0 heterocycles. The molecule has 0 atom stereocenters. The summed E-state index contributed by atoms with van der Waals surface area (Å²) in [5, 5.41) is 0. The van der Waals surface area contributed by atoms with Gasteiger partial charge >= 0.3 is 36.2 Å². The number of alkyl halides is 6. The maximum atomic E-state index is 14.4. The molecule has 0 aliphatic rings. The third-order valence-corrected chi connectivity index (χ3v) is 10.2. The van der Waals surface area contributed by atoms with E-state index in [9.17, 15) is 45.5 Å². The Hall–Kier alpha value is -11.0. The maximum absolute atomic E-state index is 14.4. The number of hydrogen-bond donors (Lipinski definition) is 0. The number of halogens is 6. The number of carbonyl (C=O) groups excluding carboxylic acids is 4. The minimum Gasteiger partial charge on any atom is -0.457 e. The molecule has 9 nitrogen and oxygen atoms in total. The fourth-order valence-electron chi connectivity index (χ4n) is 6.78. The molecule has 0 aromatic heterocycles. The first-order valence-corrected chi connectivity index (χ1v) is 22.9. The zero-order valence-electron chi connectivity index (χ0n) is 42.8. The van der Waals surface area contributed by atoms with Crippen LogP contribution in [0.25, 0.3) is 0 Å². The fourth-order valence-corrected chi connectivity index (χ4v) is 6.78. The average molecular weight is 1560 g/mol. The van der Waals surface area contributed by atoms with Gasteiger partial charge in [0.05, 0.1) is 22.3 Å². The van der Waals surface area contributed by atoms with Crippen LogP contribution in [0.4, 0.5) is 26.3 Å². The van der Waals surface area contributed by atoms with Crippen LogP contribution in [0.5, 0.6) is 34.5 Å². The second-order valence-corrected chi connectivity index (χ2v) is 14.9. The number of benzene rings is 8. The third kappa shape index (κ3) is 16.5. The molecule has 420 valence electrons. The van der Waals surface area contributed by atoms with Crippen LogP contribution in [0.3, 0.4) is 0 Å². The van der Waals surface area contributed by atoms with Gasteiger partial charge in [-0.1, -0.05) is 125 Å². The Kier molecular flexibility index (Phi) is 25.2. The van der Waals surface area contributed by atoms with E-state index in [1.165, 1.54) is 24.3 Å². The third-order valence-electron chi connectivity index (χ3n) is 10.2. The molecular formula is C61H54F6Fm2O9-2. The monoisotopic (exact) mass is 1560 g/mol. The van der Waals surface area contributed by atoms with Crippen molar-refractivity contribution in [3.8, 4) is 34.5 Å². The molecule has 0 N–H and O–H groups in total. The van der Waals surface area contributed by atoms with Crippen molar-refractivity contribution in [3.63, 3.8) is 0 Å². The zero-order valence-corrected chi connectivity index (χ0v) is 47.6. The van der Waals surface area contributed by atoms with E-state index in [4.69, 9.17) is 23.7 Å². The summed E-state index contributed by atoms with van der Waals surface area (Å²) >= 11 is 0. The van der Waals surface area contributed by atoms with Gasteiger partial charge in [-0.2, -0.15) is 26.3 Å². The molecule has 0 saturated carbocycles. The van der Waals surface area contributed by atoms with Gasteiger partial charge in [0.2, 0.25) is 5.41 Å². The van der Waals surface area contributed by atoms with Gasteiger partial charge in [0.25, 0.3) is 0 Å². The molecule has 0 amide bonds. The minimum absolute atomic E-state index is 0. The van der Waals surface area contributed by atoms with Crippen LogP contribution >= 0.6 is 0 Å². The Balaban J connectivity index is 0.000000712. The first kappa shape index (κ1) is 65.0. The van der Waals surface area contributed by atoms with Gasteiger partial charge < -0.3 is 38.5 Å². The molecule has 8 aromatic rings.